The molecule has 3 heteroatoms. The van der Waals surface area contributed by atoms with Crippen molar-refractivity contribution in [1.82, 2.24) is 10.3 Å². The first-order valence-electron chi connectivity index (χ1n) is 6.48. The maximum Gasteiger partial charge on any atom is 0.252 e. The van der Waals surface area contributed by atoms with Crippen LogP contribution in [0.3, 0.4) is 0 Å². The van der Waals surface area contributed by atoms with Crippen LogP contribution in [0.2, 0.25) is 0 Å². The number of carbonyl (C=O) groups is 1. The molecule has 0 unspecified atom stereocenters. The van der Waals surface area contributed by atoms with Crippen LogP contribution < -0.4 is 5.32 Å². The Bertz CT molecular complexity index is 552. The second-order valence-electron chi connectivity index (χ2n) is 4.53. The van der Waals surface area contributed by atoms with Crippen molar-refractivity contribution < 1.29 is 4.79 Å². The first-order chi connectivity index (χ1) is 9.22. The zero-order valence-electron chi connectivity index (χ0n) is 11.3. The number of pyridine rings is 1. The lowest BCUT2D eigenvalue weighted by Gasteiger charge is -2.18. The molecule has 0 saturated heterocycles. The molecule has 1 heterocycles. The fourth-order valence-corrected chi connectivity index (χ4v) is 2.08. The van der Waals surface area contributed by atoms with Gasteiger partial charge in [0.2, 0.25) is 0 Å². The van der Waals surface area contributed by atoms with Gasteiger partial charge in [0.05, 0.1) is 6.04 Å². The Hall–Kier alpha value is -2.16. The monoisotopic (exact) mass is 254 g/mol. The molecule has 0 aliphatic rings. The van der Waals surface area contributed by atoms with E-state index in [-0.39, 0.29) is 11.9 Å². The molecule has 0 spiro atoms. The number of carbonyl (C=O) groups excluding carboxylic acids is 1. The molecule has 1 amide bonds. The molecule has 1 aromatic heterocycles. The van der Waals surface area contributed by atoms with Crippen molar-refractivity contribution >= 4 is 5.91 Å². The van der Waals surface area contributed by atoms with Crippen molar-refractivity contribution in [2.75, 3.05) is 0 Å². The van der Waals surface area contributed by atoms with E-state index in [0.717, 1.165) is 23.1 Å². The van der Waals surface area contributed by atoms with Crippen molar-refractivity contribution in [3.05, 3.63) is 65.5 Å². The number of aryl methyl sites for hydroxylation is 1. The Morgan fingerprint density at radius 2 is 1.89 bits per heavy atom. The van der Waals surface area contributed by atoms with Gasteiger partial charge in [-0.3, -0.25) is 9.78 Å². The van der Waals surface area contributed by atoms with Gasteiger partial charge in [-0.2, -0.15) is 0 Å². The lowest BCUT2D eigenvalue weighted by atomic mass is 10.0. The molecule has 0 bridgehead atoms. The summed E-state index contributed by atoms with van der Waals surface area (Å²) >= 11 is 0. The Morgan fingerprint density at radius 1 is 1.21 bits per heavy atom. The van der Waals surface area contributed by atoms with E-state index in [1.807, 2.05) is 43.3 Å². The summed E-state index contributed by atoms with van der Waals surface area (Å²) in [4.78, 5) is 16.3. The summed E-state index contributed by atoms with van der Waals surface area (Å²) in [5, 5.41) is 3.07. The quantitative estimate of drug-likeness (QED) is 0.909. The Kier molecular flexibility index (Phi) is 4.29. The highest BCUT2D eigenvalue weighted by Crippen LogP contribution is 2.17. The van der Waals surface area contributed by atoms with E-state index < -0.39 is 0 Å². The summed E-state index contributed by atoms with van der Waals surface area (Å²) in [6.07, 6.45) is 4.34. The smallest absolute Gasteiger partial charge is 0.252 e. The molecule has 98 valence electrons. The number of benzene rings is 1. The third kappa shape index (κ3) is 3.19. The number of amides is 1. The molecule has 3 nitrogen and oxygen atoms in total. The van der Waals surface area contributed by atoms with E-state index in [1.54, 1.807) is 12.4 Å². The zero-order valence-corrected chi connectivity index (χ0v) is 11.3. The van der Waals surface area contributed by atoms with Crippen molar-refractivity contribution in [2.24, 2.45) is 0 Å². The summed E-state index contributed by atoms with van der Waals surface area (Å²) in [6.45, 7) is 4.01. The molecule has 1 aromatic carbocycles. The molecule has 19 heavy (non-hydrogen) atoms. The number of hydrogen-bond donors (Lipinski definition) is 1. The van der Waals surface area contributed by atoms with E-state index in [2.05, 4.69) is 17.2 Å². The molecule has 0 saturated carbocycles. The highest BCUT2D eigenvalue weighted by molar-refractivity contribution is 5.95. The van der Waals surface area contributed by atoms with Crippen LogP contribution in [0.1, 0.15) is 40.9 Å². The van der Waals surface area contributed by atoms with Crippen LogP contribution in [-0.2, 0) is 0 Å². The van der Waals surface area contributed by atoms with Crippen LogP contribution in [0.15, 0.2) is 48.8 Å². The number of aromatic nitrogens is 1. The van der Waals surface area contributed by atoms with Crippen LogP contribution in [0.5, 0.6) is 0 Å². The van der Waals surface area contributed by atoms with E-state index in [0.29, 0.717) is 0 Å². The van der Waals surface area contributed by atoms with Gasteiger partial charge in [0.1, 0.15) is 0 Å². The van der Waals surface area contributed by atoms with Gasteiger partial charge in [-0.05, 0) is 42.7 Å². The minimum absolute atomic E-state index is 0.0232. The van der Waals surface area contributed by atoms with E-state index in [4.69, 9.17) is 0 Å². The molecule has 0 radical (unpaired) electrons. The number of nitrogens with zero attached hydrogens (tertiary/aromatic N) is 1. The van der Waals surface area contributed by atoms with Gasteiger partial charge in [0.25, 0.3) is 5.91 Å². The van der Waals surface area contributed by atoms with E-state index >= 15 is 0 Å². The summed E-state index contributed by atoms with van der Waals surface area (Å²) in [5.74, 6) is -0.0261. The van der Waals surface area contributed by atoms with E-state index in [9.17, 15) is 4.79 Å². The molecule has 2 rings (SSSR count). The van der Waals surface area contributed by atoms with Crippen LogP contribution in [-0.4, -0.2) is 10.9 Å². The van der Waals surface area contributed by atoms with Gasteiger partial charge in [-0.25, -0.2) is 0 Å². The Labute approximate surface area is 113 Å². The number of nitrogens with one attached hydrogen (secondary N) is 1. The minimum atomic E-state index is -0.0261. The van der Waals surface area contributed by atoms with Gasteiger partial charge >= 0.3 is 0 Å². The topological polar surface area (TPSA) is 42.0 Å². The number of rotatable bonds is 4. The molecule has 0 fully saturated rings. The molecule has 2 aromatic rings. The SMILES string of the molecule is CC[C@@H](NC(=O)c1ccccc1C)c1ccncc1. The average Bonchev–Trinajstić information content (AvgIpc) is 2.46. The molecule has 1 N–H and O–H groups in total. The van der Waals surface area contributed by atoms with Crippen molar-refractivity contribution in [3.63, 3.8) is 0 Å². The van der Waals surface area contributed by atoms with Crippen molar-refractivity contribution in [3.8, 4) is 0 Å². The maximum absolute atomic E-state index is 12.3. The predicted molar refractivity (Wildman–Crippen MR) is 75.9 cm³/mol. The molecule has 0 aliphatic carbocycles. The molecule has 1 atom stereocenters. The van der Waals surface area contributed by atoms with Crippen molar-refractivity contribution in [2.45, 2.75) is 26.3 Å². The standard InChI is InChI=1S/C16H18N2O/c1-3-15(13-8-10-17-11-9-13)18-16(19)14-7-5-4-6-12(14)2/h4-11,15H,3H2,1-2H3,(H,18,19)/t15-/m1/s1. The molecular formula is C16H18N2O. The summed E-state index contributed by atoms with van der Waals surface area (Å²) in [5.41, 5.74) is 2.80. The summed E-state index contributed by atoms with van der Waals surface area (Å²) in [6, 6.07) is 11.5. The summed E-state index contributed by atoms with van der Waals surface area (Å²) in [7, 11) is 0. The third-order valence-corrected chi connectivity index (χ3v) is 3.21. The normalized spacial score (nSPS) is 11.9. The first kappa shape index (κ1) is 13.3. The van der Waals surface area contributed by atoms with Crippen LogP contribution in [0, 0.1) is 6.92 Å². The van der Waals surface area contributed by atoms with Gasteiger partial charge in [-0.15, -0.1) is 0 Å². The fraction of sp³-hybridized carbons (Fsp3) is 0.250. The minimum Gasteiger partial charge on any atom is -0.345 e. The highest BCUT2D eigenvalue weighted by Gasteiger charge is 2.14. The lowest BCUT2D eigenvalue weighted by Crippen LogP contribution is -2.28. The maximum atomic E-state index is 12.3. The number of hydrogen-bond acceptors (Lipinski definition) is 2. The highest BCUT2D eigenvalue weighted by atomic mass is 16.1. The average molecular weight is 254 g/mol. The summed E-state index contributed by atoms with van der Waals surface area (Å²) < 4.78 is 0. The van der Waals surface area contributed by atoms with Crippen LogP contribution >= 0.6 is 0 Å². The predicted octanol–water partition coefficient (Wildman–Crippen LogP) is 3.27. The van der Waals surface area contributed by atoms with E-state index in [1.165, 1.54) is 0 Å². The second-order valence-corrected chi connectivity index (χ2v) is 4.53. The lowest BCUT2D eigenvalue weighted by molar-refractivity contribution is 0.0935. The van der Waals surface area contributed by atoms with Gasteiger partial charge in [0.15, 0.2) is 0 Å². The third-order valence-electron chi connectivity index (χ3n) is 3.21. The zero-order chi connectivity index (χ0) is 13.7. The fourth-order valence-electron chi connectivity index (χ4n) is 2.08. The first-order valence-corrected chi connectivity index (χ1v) is 6.48. The second kappa shape index (κ2) is 6.14. The van der Waals surface area contributed by atoms with Crippen LogP contribution in [0.4, 0.5) is 0 Å². The Morgan fingerprint density at radius 3 is 2.53 bits per heavy atom. The van der Waals surface area contributed by atoms with Crippen LogP contribution in [0.25, 0.3) is 0 Å². The van der Waals surface area contributed by atoms with Gasteiger partial charge < -0.3 is 5.32 Å². The Balaban J connectivity index is 2.16. The largest absolute Gasteiger partial charge is 0.345 e. The van der Waals surface area contributed by atoms with Gasteiger partial charge in [-0.1, -0.05) is 25.1 Å². The molecule has 0 aliphatic heterocycles. The molecular weight excluding hydrogens is 236 g/mol. The van der Waals surface area contributed by atoms with Crippen molar-refractivity contribution in [1.29, 1.82) is 0 Å². The van der Waals surface area contributed by atoms with Gasteiger partial charge in [0, 0.05) is 18.0 Å².